The van der Waals surface area contributed by atoms with Gasteiger partial charge in [0, 0.05) is 33.9 Å². The summed E-state index contributed by atoms with van der Waals surface area (Å²) in [6.07, 6.45) is 3.61. The minimum absolute atomic E-state index is 0.318. The fourth-order valence-electron chi connectivity index (χ4n) is 3.07. The van der Waals surface area contributed by atoms with Crippen LogP contribution in [-0.2, 0) is 0 Å². The van der Waals surface area contributed by atoms with E-state index in [2.05, 4.69) is 9.97 Å². The van der Waals surface area contributed by atoms with Crippen molar-refractivity contribution >= 4 is 28.2 Å². The summed E-state index contributed by atoms with van der Waals surface area (Å²) in [7, 11) is 0. The van der Waals surface area contributed by atoms with Crippen molar-refractivity contribution in [3.8, 4) is 22.4 Å². The number of halogens is 2. The van der Waals surface area contributed by atoms with E-state index in [1.165, 1.54) is 12.1 Å². The summed E-state index contributed by atoms with van der Waals surface area (Å²) in [4.78, 5) is 8.71. The molecule has 128 valence electrons. The largest absolute Gasteiger partial charge is 0.383 e. The van der Waals surface area contributed by atoms with Crippen molar-refractivity contribution in [3.05, 3.63) is 77.3 Å². The Kier molecular flexibility index (Phi) is 4.05. The van der Waals surface area contributed by atoms with Crippen molar-refractivity contribution in [1.29, 1.82) is 0 Å². The monoisotopic (exact) mass is 363 g/mol. The molecular weight excluding hydrogens is 349 g/mol. The second-order valence-corrected chi connectivity index (χ2v) is 6.53. The molecule has 0 unspecified atom stereocenters. The molecule has 0 amide bonds. The molecule has 0 saturated carbocycles. The highest BCUT2D eigenvalue weighted by atomic mass is 35.5. The predicted octanol–water partition coefficient (Wildman–Crippen LogP) is 5.65. The summed E-state index contributed by atoms with van der Waals surface area (Å²) in [6, 6.07) is 14.2. The van der Waals surface area contributed by atoms with E-state index in [1.54, 1.807) is 12.3 Å². The molecule has 5 heteroatoms. The van der Waals surface area contributed by atoms with E-state index < -0.39 is 5.82 Å². The number of rotatable bonds is 2. The zero-order chi connectivity index (χ0) is 18.3. The van der Waals surface area contributed by atoms with Crippen LogP contribution in [0.15, 0.2) is 60.9 Å². The molecule has 0 spiro atoms. The van der Waals surface area contributed by atoms with Crippen molar-refractivity contribution in [2.45, 2.75) is 6.92 Å². The molecule has 0 saturated heterocycles. The van der Waals surface area contributed by atoms with Crippen molar-refractivity contribution < 1.29 is 4.39 Å². The van der Waals surface area contributed by atoms with Gasteiger partial charge in [0.1, 0.15) is 11.6 Å². The molecule has 0 aliphatic rings. The lowest BCUT2D eigenvalue weighted by molar-refractivity contribution is 0.631. The van der Waals surface area contributed by atoms with E-state index in [4.69, 9.17) is 17.3 Å². The lowest BCUT2D eigenvalue weighted by Crippen LogP contribution is -2.00. The summed E-state index contributed by atoms with van der Waals surface area (Å²) in [6.45, 7) is 1.90. The Morgan fingerprint density at radius 3 is 2.62 bits per heavy atom. The van der Waals surface area contributed by atoms with Crippen LogP contribution in [-0.4, -0.2) is 9.97 Å². The molecule has 26 heavy (non-hydrogen) atoms. The van der Waals surface area contributed by atoms with E-state index in [0.29, 0.717) is 22.1 Å². The van der Waals surface area contributed by atoms with Crippen LogP contribution in [0.4, 0.5) is 10.2 Å². The second-order valence-electron chi connectivity index (χ2n) is 6.10. The molecule has 0 bridgehead atoms. The van der Waals surface area contributed by atoms with Crippen LogP contribution in [0.3, 0.4) is 0 Å². The SMILES string of the molecule is Cc1c(-c2cncc3ccccc23)cc(-c2cc(Cl)ccc2F)nc1N. The summed E-state index contributed by atoms with van der Waals surface area (Å²) < 4.78 is 14.3. The molecule has 0 aliphatic heterocycles. The number of aromatic nitrogens is 2. The first-order valence-electron chi connectivity index (χ1n) is 8.10. The van der Waals surface area contributed by atoms with E-state index >= 15 is 0 Å². The summed E-state index contributed by atoms with van der Waals surface area (Å²) >= 11 is 6.04. The smallest absolute Gasteiger partial charge is 0.132 e. The van der Waals surface area contributed by atoms with E-state index in [-0.39, 0.29) is 0 Å². The van der Waals surface area contributed by atoms with Crippen molar-refractivity contribution in [2.75, 3.05) is 5.73 Å². The van der Waals surface area contributed by atoms with Crippen LogP contribution >= 0.6 is 11.6 Å². The standard InChI is InChI=1S/C21H15ClFN3/c1-12-16(18-11-25-10-13-4-2-3-5-15(13)18)9-20(26-21(12)24)17-8-14(22)6-7-19(17)23/h2-11H,1H3,(H2,24,26). The molecular formula is C21H15ClFN3. The van der Waals surface area contributed by atoms with Gasteiger partial charge in [-0.25, -0.2) is 9.37 Å². The van der Waals surface area contributed by atoms with Crippen LogP contribution in [0, 0.1) is 12.7 Å². The summed E-state index contributed by atoms with van der Waals surface area (Å²) in [5, 5.41) is 2.51. The molecule has 0 aliphatic carbocycles. The lowest BCUT2D eigenvalue weighted by atomic mass is 9.96. The normalized spacial score (nSPS) is 11.0. The maximum absolute atomic E-state index is 14.3. The van der Waals surface area contributed by atoms with Crippen molar-refractivity contribution in [1.82, 2.24) is 9.97 Å². The van der Waals surface area contributed by atoms with Gasteiger partial charge in [0.05, 0.1) is 5.69 Å². The number of nitrogen functional groups attached to an aromatic ring is 1. The Morgan fingerprint density at radius 2 is 1.77 bits per heavy atom. The number of fused-ring (bicyclic) bond motifs is 1. The van der Waals surface area contributed by atoms with Crippen molar-refractivity contribution in [3.63, 3.8) is 0 Å². The van der Waals surface area contributed by atoms with E-state index in [0.717, 1.165) is 27.5 Å². The Labute approximate surface area is 155 Å². The Hall–Kier alpha value is -2.98. The minimum Gasteiger partial charge on any atom is -0.383 e. The highest BCUT2D eigenvalue weighted by Gasteiger charge is 2.15. The van der Waals surface area contributed by atoms with Crippen LogP contribution in [0.1, 0.15) is 5.56 Å². The van der Waals surface area contributed by atoms with Gasteiger partial charge >= 0.3 is 0 Å². The third-order valence-corrected chi connectivity index (χ3v) is 4.71. The van der Waals surface area contributed by atoms with Gasteiger partial charge in [-0.1, -0.05) is 35.9 Å². The fraction of sp³-hybridized carbons (Fsp3) is 0.0476. The second kappa shape index (κ2) is 6.39. The topological polar surface area (TPSA) is 51.8 Å². The van der Waals surface area contributed by atoms with Gasteiger partial charge in [0.2, 0.25) is 0 Å². The van der Waals surface area contributed by atoms with E-state index in [9.17, 15) is 4.39 Å². The highest BCUT2D eigenvalue weighted by Crippen LogP contribution is 2.35. The fourth-order valence-corrected chi connectivity index (χ4v) is 3.24. The Balaban J connectivity index is 2.00. The molecule has 4 aromatic rings. The summed E-state index contributed by atoms with van der Waals surface area (Å²) in [5.74, 6) is -0.0445. The number of hydrogen-bond donors (Lipinski definition) is 1. The Morgan fingerprint density at radius 1 is 0.962 bits per heavy atom. The van der Waals surface area contributed by atoms with Gasteiger partial charge < -0.3 is 5.73 Å². The van der Waals surface area contributed by atoms with Gasteiger partial charge in [-0.2, -0.15) is 0 Å². The number of benzene rings is 2. The quantitative estimate of drug-likeness (QED) is 0.501. The zero-order valence-corrected chi connectivity index (χ0v) is 14.8. The van der Waals surface area contributed by atoms with Gasteiger partial charge in [-0.15, -0.1) is 0 Å². The highest BCUT2D eigenvalue weighted by molar-refractivity contribution is 6.30. The predicted molar refractivity (Wildman–Crippen MR) is 105 cm³/mol. The Bertz CT molecular complexity index is 1140. The third kappa shape index (κ3) is 2.78. The molecule has 0 radical (unpaired) electrons. The molecule has 2 heterocycles. The number of anilines is 1. The molecule has 0 atom stereocenters. The van der Waals surface area contributed by atoms with E-state index in [1.807, 2.05) is 43.5 Å². The lowest BCUT2D eigenvalue weighted by Gasteiger charge is -2.14. The number of hydrogen-bond acceptors (Lipinski definition) is 3. The first kappa shape index (κ1) is 16.5. The van der Waals surface area contributed by atoms with Gasteiger partial charge in [0.15, 0.2) is 0 Å². The molecule has 2 aromatic carbocycles. The minimum atomic E-state index is -0.396. The molecule has 0 fully saturated rings. The van der Waals surface area contributed by atoms with Crippen LogP contribution in [0.5, 0.6) is 0 Å². The third-order valence-electron chi connectivity index (χ3n) is 4.47. The maximum Gasteiger partial charge on any atom is 0.132 e. The molecule has 2 N–H and O–H groups in total. The van der Waals surface area contributed by atoms with Crippen LogP contribution < -0.4 is 5.73 Å². The first-order valence-corrected chi connectivity index (χ1v) is 8.48. The summed E-state index contributed by atoms with van der Waals surface area (Å²) in [5.41, 5.74) is 9.53. The van der Waals surface area contributed by atoms with Crippen molar-refractivity contribution in [2.24, 2.45) is 0 Å². The average molecular weight is 364 g/mol. The first-order chi connectivity index (χ1) is 12.5. The van der Waals surface area contributed by atoms with Gasteiger partial charge in [-0.05, 0) is 47.7 Å². The zero-order valence-electron chi connectivity index (χ0n) is 14.0. The average Bonchev–Trinajstić information content (AvgIpc) is 2.65. The maximum atomic E-state index is 14.3. The molecule has 4 rings (SSSR count). The molecule has 3 nitrogen and oxygen atoms in total. The van der Waals surface area contributed by atoms with Crippen LogP contribution in [0.2, 0.25) is 5.02 Å². The number of pyridine rings is 2. The number of nitrogens with zero attached hydrogens (tertiary/aromatic N) is 2. The van der Waals surface area contributed by atoms with Gasteiger partial charge in [0.25, 0.3) is 0 Å². The van der Waals surface area contributed by atoms with Crippen LogP contribution in [0.25, 0.3) is 33.2 Å². The van der Waals surface area contributed by atoms with Gasteiger partial charge in [-0.3, -0.25) is 4.98 Å². The number of nitrogens with two attached hydrogens (primary N) is 1. The molecule has 2 aromatic heterocycles.